The zero-order valence-corrected chi connectivity index (χ0v) is 29.0. The van der Waals surface area contributed by atoms with Gasteiger partial charge in [-0.25, -0.2) is 0 Å². The van der Waals surface area contributed by atoms with Gasteiger partial charge in [0.2, 0.25) is 0 Å². The Kier molecular flexibility index (Phi) is 10.1. The number of hydrogen-bond donors (Lipinski definition) is 8. The molecule has 0 aromatic rings. The molecule has 0 aromatic carbocycles. The van der Waals surface area contributed by atoms with E-state index < -0.39 is 0 Å². The second kappa shape index (κ2) is 13.4. The van der Waals surface area contributed by atoms with Gasteiger partial charge in [0.25, 0.3) is 0 Å². The van der Waals surface area contributed by atoms with Crippen molar-refractivity contribution in [2.24, 2.45) is 47.3 Å². The van der Waals surface area contributed by atoms with Gasteiger partial charge >= 0.3 is 29.6 Å². The summed E-state index contributed by atoms with van der Waals surface area (Å²) in [7, 11) is 0. The Labute approximate surface area is 288 Å². The maximum absolute atomic E-state index is 4.26. The summed E-state index contributed by atoms with van der Waals surface area (Å²) in [4.78, 5) is 0. The van der Waals surface area contributed by atoms with Gasteiger partial charge in [0, 0.05) is 17.1 Å². The minimum absolute atomic E-state index is 0. The van der Waals surface area contributed by atoms with Crippen LogP contribution in [0.3, 0.4) is 0 Å². The summed E-state index contributed by atoms with van der Waals surface area (Å²) in [5, 5.41) is 33.8. The van der Waals surface area contributed by atoms with Crippen LogP contribution in [0, 0.1) is 47.3 Å². The van der Waals surface area contributed by atoms with Crippen molar-refractivity contribution >= 4 is 0 Å². The Bertz CT molecular complexity index is 730. The van der Waals surface area contributed by atoms with Gasteiger partial charge < -0.3 is 1.43 Å². The summed E-state index contributed by atoms with van der Waals surface area (Å²) in [6.45, 7) is 0. The van der Waals surface area contributed by atoms with Crippen molar-refractivity contribution in [2.75, 3.05) is 0 Å². The van der Waals surface area contributed by atoms with E-state index in [2.05, 4.69) is 42.5 Å². The number of rotatable bonds is 0. The van der Waals surface area contributed by atoms with E-state index in [0.717, 1.165) is 47.3 Å². The van der Waals surface area contributed by atoms with Crippen LogP contribution < -0.4 is 72.1 Å². The minimum atomic E-state index is 0. The summed E-state index contributed by atoms with van der Waals surface area (Å²) in [5.74, 6) is 5.97. The average Bonchev–Trinajstić information content (AvgIpc) is 3.73. The molecule has 234 valence electrons. The van der Waals surface area contributed by atoms with E-state index in [0.29, 0.717) is 49.3 Å². The fraction of sp³-hybridized carbons (Fsp3) is 1.00. The molecule has 8 N–H and O–H groups in total. The third kappa shape index (κ3) is 5.58. The molecule has 9 aliphatic rings. The van der Waals surface area contributed by atoms with Crippen LogP contribution in [0.1, 0.15) is 104 Å². The van der Waals surface area contributed by atoms with Crippen molar-refractivity contribution in [1.82, 2.24) is 42.5 Å². The molecule has 8 nitrogen and oxygen atoms in total. The molecule has 9 fully saturated rings. The third-order valence-electron chi connectivity index (χ3n) is 13.8. The summed E-state index contributed by atoms with van der Waals surface area (Å²) < 4.78 is 0. The monoisotopic (exact) mass is 632 g/mol. The molecular formula is C32H57FeN8Na. The Morgan fingerprint density at radius 3 is 0.500 bits per heavy atom. The topological polar surface area (TPSA) is 96.2 Å². The Hall–Kier alpha value is 1.20. The van der Waals surface area contributed by atoms with Gasteiger partial charge in [-0.2, -0.15) is 0 Å². The van der Waals surface area contributed by atoms with Crippen LogP contribution >= 0.6 is 0 Å². The van der Waals surface area contributed by atoms with Gasteiger partial charge in [-0.3, -0.25) is 42.5 Å². The van der Waals surface area contributed by atoms with Gasteiger partial charge in [0.05, 0.1) is 49.3 Å². The van der Waals surface area contributed by atoms with E-state index in [1.807, 2.05) is 0 Å². The van der Waals surface area contributed by atoms with Crippen molar-refractivity contribution in [3.8, 4) is 0 Å². The standard InChI is InChI=1S/C32H56N8.Fe.Na.H/c1-2-10-18-17(9-1)25-33-26(18)38-28-21-13-5-6-14-22(21)30(35-28)40-32-24-16-8-7-15-23(24)31(36-32)39-29-20-12-4-3-11-19(20)27(34-29)37-25;;;/h17-40H,1-16H2;;;/q;;+1;-1. The van der Waals surface area contributed by atoms with Crippen LogP contribution in [-0.2, 0) is 17.1 Å². The first-order chi connectivity index (χ1) is 19.8. The minimum Gasteiger partial charge on any atom is -1.00 e. The predicted octanol–water partition coefficient (Wildman–Crippen LogP) is -0.280. The fourth-order valence-corrected chi connectivity index (χ4v) is 12.0. The molecular weight excluding hydrogens is 575 g/mol. The molecule has 0 aromatic heterocycles. The van der Waals surface area contributed by atoms with Gasteiger partial charge in [0.15, 0.2) is 0 Å². The number of fused-ring (bicyclic) bond motifs is 20. The summed E-state index contributed by atoms with van der Waals surface area (Å²) in [5.41, 5.74) is 0. The second-order valence-corrected chi connectivity index (χ2v) is 15.6. The van der Waals surface area contributed by atoms with Crippen molar-refractivity contribution in [1.29, 1.82) is 0 Å². The molecule has 0 spiro atoms. The van der Waals surface area contributed by atoms with Crippen LogP contribution in [0.5, 0.6) is 0 Å². The Morgan fingerprint density at radius 2 is 0.381 bits per heavy atom. The second-order valence-electron chi connectivity index (χ2n) is 15.6. The zero-order valence-electron chi connectivity index (χ0n) is 26.9. The van der Waals surface area contributed by atoms with Gasteiger partial charge in [0.1, 0.15) is 0 Å². The van der Waals surface area contributed by atoms with Gasteiger partial charge in [-0.1, -0.05) is 51.4 Å². The third-order valence-corrected chi connectivity index (χ3v) is 13.8. The van der Waals surface area contributed by atoms with Crippen LogP contribution in [-0.4, -0.2) is 49.3 Å². The number of hydrogen-bond acceptors (Lipinski definition) is 8. The van der Waals surface area contributed by atoms with Crippen molar-refractivity contribution < 1.29 is 48.1 Å². The quantitative estimate of drug-likeness (QED) is 0.173. The van der Waals surface area contributed by atoms with Gasteiger partial charge in [-0.15, -0.1) is 0 Å². The molecule has 0 amide bonds. The first kappa shape index (κ1) is 31.8. The zero-order chi connectivity index (χ0) is 26.2. The summed E-state index contributed by atoms with van der Waals surface area (Å²) in [6.07, 6.45) is 25.6. The molecule has 4 saturated carbocycles. The SMILES string of the molecule is C1CCC2C3NC(NC4NC(NC5NC(NC6NC(N3)C3CCCCC63)C3CCCCC53)C3CCCCC43)C2C1.[Fe].[H-].[Na+]. The molecule has 10 heteroatoms. The molecule has 5 heterocycles. The van der Waals surface area contributed by atoms with Crippen LogP contribution in [0.4, 0.5) is 0 Å². The van der Waals surface area contributed by atoms with Crippen LogP contribution in [0.15, 0.2) is 0 Å². The predicted molar refractivity (Wildman–Crippen MR) is 158 cm³/mol. The molecule has 0 radical (unpaired) electrons. The summed E-state index contributed by atoms with van der Waals surface area (Å²) in [6, 6.07) is 0. The van der Waals surface area contributed by atoms with Crippen molar-refractivity contribution in [2.45, 2.75) is 152 Å². The average molecular weight is 633 g/mol. The van der Waals surface area contributed by atoms with Crippen molar-refractivity contribution in [3.63, 3.8) is 0 Å². The van der Waals surface area contributed by atoms with Gasteiger partial charge in [-0.05, 0) is 98.7 Å². The summed E-state index contributed by atoms with van der Waals surface area (Å²) >= 11 is 0. The smallest absolute Gasteiger partial charge is 1.00 e. The molecule has 8 unspecified atom stereocenters. The molecule has 8 bridgehead atoms. The molecule has 5 saturated heterocycles. The Balaban J connectivity index is 0.00000110. The van der Waals surface area contributed by atoms with Crippen LogP contribution in [0.25, 0.3) is 0 Å². The molecule has 42 heavy (non-hydrogen) atoms. The van der Waals surface area contributed by atoms with Crippen LogP contribution in [0.2, 0.25) is 0 Å². The Morgan fingerprint density at radius 1 is 0.262 bits per heavy atom. The van der Waals surface area contributed by atoms with E-state index in [1.165, 1.54) is 103 Å². The first-order valence-electron chi connectivity index (χ1n) is 17.9. The molecule has 9 rings (SSSR count). The van der Waals surface area contributed by atoms with Crippen molar-refractivity contribution in [3.05, 3.63) is 0 Å². The number of nitrogens with one attached hydrogen (secondary N) is 8. The van der Waals surface area contributed by atoms with E-state index >= 15 is 0 Å². The molecule has 4 aliphatic carbocycles. The normalized spacial score (nSPS) is 54.9. The molecule has 5 aliphatic heterocycles. The maximum atomic E-state index is 4.26. The van der Waals surface area contributed by atoms with E-state index in [4.69, 9.17) is 0 Å². The first-order valence-corrected chi connectivity index (χ1v) is 17.9. The van der Waals surface area contributed by atoms with E-state index in [-0.39, 0.29) is 48.1 Å². The van der Waals surface area contributed by atoms with E-state index in [9.17, 15) is 0 Å². The van der Waals surface area contributed by atoms with E-state index in [1.54, 1.807) is 0 Å². The maximum Gasteiger partial charge on any atom is 1.00 e. The molecule has 8 atom stereocenters. The largest absolute Gasteiger partial charge is 1.00 e. The fourth-order valence-electron chi connectivity index (χ4n) is 12.0.